The van der Waals surface area contributed by atoms with Crippen LogP contribution in [0.25, 0.3) is 87.2 Å². The Morgan fingerprint density at radius 3 is 1.53 bits per heavy atom. The molecule has 0 saturated carbocycles. The highest BCUT2D eigenvalue weighted by molar-refractivity contribution is 6.25. The zero-order valence-corrected chi connectivity index (χ0v) is 26.5. The topological polar surface area (TPSA) is 0 Å². The Morgan fingerprint density at radius 1 is 0.340 bits per heavy atom. The molecule has 0 nitrogen and oxygen atoms in total. The molecule has 0 N–H and O–H groups in total. The predicted molar refractivity (Wildman–Crippen MR) is 202 cm³/mol. The third kappa shape index (κ3) is 3.64. The number of benzene rings is 9. The summed E-state index contributed by atoms with van der Waals surface area (Å²) in [6.45, 7) is 4.80. The van der Waals surface area contributed by atoms with E-state index in [2.05, 4.69) is 172 Å². The highest BCUT2D eigenvalue weighted by Gasteiger charge is 2.37. The van der Waals surface area contributed by atoms with Crippen molar-refractivity contribution in [3.8, 4) is 33.4 Å². The van der Waals surface area contributed by atoms with Crippen molar-refractivity contribution in [3.05, 3.63) is 169 Å². The standard InChI is InChI=1S/C47H32/c1-47(2)43-28-31(24-25-36(43)41-26-23-29-13-3-6-16-33(29)46(41)47)44-37-19-9-11-21-39(37)45(40-22-12-10-20-38(40)44)42-27-30-14-4-5-15-32(30)34-17-7-8-18-35(34)42/h3-28H,1-2H3. The highest BCUT2D eigenvalue weighted by Crippen LogP contribution is 2.53. The molecule has 47 heavy (non-hydrogen) atoms. The molecule has 0 fully saturated rings. The van der Waals surface area contributed by atoms with E-state index in [1.165, 1.54) is 98.4 Å². The van der Waals surface area contributed by atoms with Gasteiger partial charge in [0.05, 0.1) is 0 Å². The van der Waals surface area contributed by atoms with E-state index >= 15 is 0 Å². The molecule has 0 spiro atoms. The largest absolute Gasteiger partial charge is 0.0616 e. The van der Waals surface area contributed by atoms with E-state index in [-0.39, 0.29) is 5.41 Å². The molecule has 220 valence electrons. The number of rotatable bonds is 2. The molecule has 0 bridgehead atoms. The van der Waals surface area contributed by atoms with Crippen LogP contribution in [0.3, 0.4) is 0 Å². The fourth-order valence-corrected chi connectivity index (χ4v) is 8.75. The van der Waals surface area contributed by atoms with Crippen LogP contribution in [-0.2, 0) is 5.41 Å². The lowest BCUT2D eigenvalue weighted by Gasteiger charge is -2.24. The molecule has 9 aromatic carbocycles. The average molecular weight is 597 g/mol. The van der Waals surface area contributed by atoms with Gasteiger partial charge >= 0.3 is 0 Å². The number of hydrogen-bond acceptors (Lipinski definition) is 0. The summed E-state index contributed by atoms with van der Waals surface area (Å²) >= 11 is 0. The first-order valence-corrected chi connectivity index (χ1v) is 16.6. The zero-order chi connectivity index (χ0) is 31.3. The second-order valence-corrected chi connectivity index (χ2v) is 13.6. The summed E-state index contributed by atoms with van der Waals surface area (Å²) in [4.78, 5) is 0. The lowest BCUT2D eigenvalue weighted by Crippen LogP contribution is -2.15. The smallest absolute Gasteiger partial charge is 0.0165 e. The molecule has 0 aromatic heterocycles. The van der Waals surface area contributed by atoms with Crippen molar-refractivity contribution < 1.29 is 0 Å². The van der Waals surface area contributed by atoms with Gasteiger partial charge in [-0.3, -0.25) is 0 Å². The Hall–Kier alpha value is -5.72. The third-order valence-electron chi connectivity index (χ3n) is 10.8. The summed E-state index contributed by atoms with van der Waals surface area (Å²) < 4.78 is 0. The second-order valence-electron chi connectivity index (χ2n) is 13.6. The summed E-state index contributed by atoms with van der Waals surface area (Å²) in [6, 6.07) is 58.8. The van der Waals surface area contributed by atoms with Gasteiger partial charge in [-0.1, -0.05) is 159 Å². The van der Waals surface area contributed by atoms with Gasteiger partial charge < -0.3 is 0 Å². The molecule has 1 aliphatic rings. The molecule has 0 saturated heterocycles. The summed E-state index contributed by atoms with van der Waals surface area (Å²) in [5.41, 5.74) is 10.6. The SMILES string of the molecule is CC1(C)c2cc(-c3c4ccccc4c(-c4cc5ccccc5c5ccccc45)c4ccccc34)ccc2-c2ccc3ccccc3c21. The van der Waals surface area contributed by atoms with Crippen LogP contribution in [-0.4, -0.2) is 0 Å². The van der Waals surface area contributed by atoms with E-state index in [1.54, 1.807) is 0 Å². The van der Waals surface area contributed by atoms with E-state index < -0.39 is 0 Å². The maximum absolute atomic E-state index is 2.49. The minimum atomic E-state index is -0.114. The summed E-state index contributed by atoms with van der Waals surface area (Å²) in [5.74, 6) is 0. The van der Waals surface area contributed by atoms with Crippen molar-refractivity contribution in [3.63, 3.8) is 0 Å². The molecular weight excluding hydrogens is 565 g/mol. The summed E-state index contributed by atoms with van der Waals surface area (Å²) in [7, 11) is 0. The minimum Gasteiger partial charge on any atom is -0.0616 e. The maximum atomic E-state index is 2.49. The molecule has 0 heterocycles. The third-order valence-corrected chi connectivity index (χ3v) is 10.8. The molecule has 0 unspecified atom stereocenters. The monoisotopic (exact) mass is 596 g/mol. The van der Waals surface area contributed by atoms with Crippen LogP contribution in [0.2, 0.25) is 0 Å². The van der Waals surface area contributed by atoms with Gasteiger partial charge in [0.1, 0.15) is 0 Å². The van der Waals surface area contributed by atoms with E-state index in [1.807, 2.05) is 0 Å². The maximum Gasteiger partial charge on any atom is 0.0165 e. The Bertz CT molecular complexity index is 2700. The molecule has 0 aliphatic heterocycles. The van der Waals surface area contributed by atoms with Gasteiger partial charge in [0.15, 0.2) is 0 Å². The quantitative estimate of drug-likeness (QED) is 0.138. The molecule has 0 heteroatoms. The van der Waals surface area contributed by atoms with Crippen LogP contribution in [0.15, 0.2) is 158 Å². The van der Waals surface area contributed by atoms with Crippen molar-refractivity contribution in [2.75, 3.05) is 0 Å². The van der Waals surface area contributed by atoms with Gasteiger partial charge in [-0.25, -0.2) is 0 Å². The van der Waals surface area contributed by atoms with Crippen LogP contribution in [0, 0.1) is 0 Å². The molecule has 0 atom stereocenters. The second kappa shape index (κ2) is 9.64. The first-order chi connectivity index (χ1) is 23.1. The Kier molecular flexibility index (Phi) is 5.44. The van der Waals surface area contributed by atoms with E-state index in [4.69, 9.17) is 0 Å². The number of hydrogen-bond donors (Lipinski definition) is 0. The van der Waals surface area contributed by atoms with Gasteiger partial charge in [-0.15, -0.1) is 0 Å². The normalized spacial score (nSPS) is 13.5. The van der Waals surface area contributed by atoms with Gasteiger partial charge in [0, 0.05) is 5.41 Å². The molecule has 0 amide bonds. The molecule has 10 rings (SSSR count). The zero-order valence-electron chi connectivity index (χ0n) is 26.5. The van der Waals surface area contributed by atoms with Crippen LogP contribution in [0.5, 0.6) is 0 Å². The van der Waals surface area contributed by atoms with Crippen LogP contribution in [0.1, 0.15) is 25.0 Å². The Balaban J connectivity index is 1.28. The van der Waals surface area contributed by atoms with Gasteiger partial charge in [-0.2, -0.15) is 0 Å². The molecule has 0 radical (unpaired) electrons. The fraction of sp³-hybridized carbons (Fsp3) is 0.0638. The fourth-order valence-electron chi connectivity index (χ4n) is 8.75. The average Bonchev–Trinajstić information content (AvgIpc) is 3.36. The lowest BCUT2D eigenvalue weighted by atomic mass is 9.79. The predicted octanol–water partition coefficient (Wildman–Crippen LogP) is 13.1. The van der Waals surface area contributed by atoms with Crippen LogP contribution in [0.4, 0.5) is 0 Å². The molecular formula is C47H32. The van der Waals surface area contributed by atoms with Crippen molar-refractivity contribution in [1.82, 2.24) is 0 Å². The van der Waals surface area contributed by atoms with E-state index in [0.29, 0.717) is 0 Å². The minimum absolute atomic E-state index is 0.114. The van der Waals surface area contributed by atoms with Crippen molar-refractivity contribution in [2.45, 2.75) is 19.3 Å². The van der Waals surface area contributed by atoms with Crippen molar-refractivity contribution >= 4 is 53.9 Å². The van der Waals surface area contributed by atoms with Crippen LogP contribution < -0.4 is 0 Å². The summed E-state index contributed by atoms with van der Waals surface area (Å²) in [6.07, 6.45) is 0. The van der Waals surface area contributed by atoms with Gasteiger partial charge in [0.2, 0.25) is 0 Å². The number of fused-ring (bicyclic) bond motifs is 10. The molecule has 9 aromatic rings. The Labute approximate surface area is 274 Å². The van der Waals surface area contributed by atoms with E-state index in [9.17, 15) is 0 Å². The van der Waals surface area contributed by atoms with Crippen LogP contribution >= 0.6 is 0 Å². The first-order valence-electron chi connectivity index (χ1n) is 16.6. The molecule has 1 aliphatic carbocycles. The van der Waals surface area contributed by atoms with Crippen molar-refractivity contribution in [1.29, 1.82) is 0 Å². The first kappa shape index (κ1) is 26.5. The Morgan fingerprint density at radius 2 is 0.851 bits per heavy atom. The lowest BCUT2D eigenvalue weighted by molar-refractivity contribution is 0.666. The van der Waals surface area contributed by atoms with Crippen molar-refractivity contribution in [2.24, 2.45) is 0 Å². The highest BCUT2D eigenvalue weighted by atomic mass is 14.4. The van der Waals surface area contributed by atoms with Gasteiger partial charge in [-0.05, 0) is 111 Å². The summed E-state index contributed by atoms with van der Waals surface area (Å²) in [5, 5.41) is 13.0. The van der Waals surface area contributed by atoms with Gasteiger partial charge in [0.25, 0.3) is 0 Å². The van der Waals surface area contributed by atoms with E-state index in [0.717, 1.165) is 0 Å².